The van der Waals surface area contributed by atoms with Gasteiger partial charge in [-0.1, -0.05) is 68.8 Å². The highest BCUT2D eigenvalue weighted by molar-refractivity contribution is 5.83. The number of nitrogens with zero attached hydrogens (tertiary/aromatic N) is 1. The van der Waals surface area contributed by atoms with E-state index in [-0.39, 0.29) is 0 Å². The molecule has 0 bridgehead atoms. The molecule has 0 radical (unpaired) electrons. The molecule has 0 saturated carbocycles. The maximum atomic E-state index is 12.5. The fraction of sp³-hybridized carbons (Fsp3) is 0.280. The van der Waals surface area contributed by atoms with Gasteiger partial charge in [-0.3, -0.25) is 0 Å². The van der Waals surface area contributed by atoms with Gasteiger partial charge < -0.3 is 23.8 Å². The van der Waals surface area contributed by atoms with Crippen LogP contribution in [0.2, 0.25) is 0 Å². The van der Waals surface area contributed by atoms with Gasteiger partial charge in [0, 0.05) is 41.4 Å². The van der Waals surface area contributed by atoms with E-state index in [0.717, 1.165) is 52.5 Å². The number of anilines is 3. The first-order valence-corrected chi connectivity index (χ1v) is 19.5. The van der Waals surface area contributed by atoms with Crippen LogP contribution < -0.4 is 4.90 Å². The Kier molecular flexibility index (Phi) is 15.5. The number of carbonyl (C=O) groups excluding carboxylic acids is 4. The highest BCUT2D eigenvalue weighted by atomic mass is 16.6. The molecular weight excluding hydrogens is 743 g/mol. The van der Waals surface area contributed by atoms with Crippen molar-refractivity contribution in [1.82, 2.24) is 0 Å². The first-order valence-electron chi connectivity index (χ1n) is 19.5. The number of rotatable bonds is 18. The number of benzene rings is 4. The first-order chi connectivity index (χ1) is 28.0. The third kappa shape index (κ3) is 11.3. The van der Waals surface area contributed by atoms with Gasteiger partial charge in [-0.05, 0) is 136 Å². The number of hydrogen-bond donors (Lipinski definition) is 0. The van der Waals surface area contributed by atoms with Crippen molar-refractivity contribution >= 4 is 40.9 Å². The van der Waals surface area contributed by atoms with Crippen LogP contribution in [-0.2, 0) is 38.1 Å². The zero-order valence-electron chi connectivity index (χ0n) is 35.3. The predicted octanol–water partition coefficient (Wildman–Crippen LogP) is 10.7. The Morgan fingerprint density at radius 2 is 0.763 bits per heavy atom. The third-order valence-corrected chi connectivity index (χ3v) is 10.6. The summed E-state index contributed by atoms with van der Waals surface area (Å²) >= 11 is 0. The van der Waals surface area contributed by atoms with Gasteiger partial charge >= 0.3 is 23.9 Å². The molecule has 4 rings (SSSR count). The molecule has 0 spiro atoms. The largest absolute Gasteiger partial charge is 0.459 e. The summed E-state index contributed by atoms with van der Waals surface area (Å²) < 4.78 is 23.0. The monoisotopic (exact) mass is 797 g/mol. The summed E-state index contributed by atoms with van der Waals surface area (Å²) in [5.41, 5.74) is 10.5. The molecule has 0 aliphatic heterocycles. The van der Waals surface area contributed by atoms with Crippen LogP contribution in [0, 0.1) is 27.7 Å². The van der Waals surface area contributed by atoms with Crippen LogP contribution in [0.4, 0.5) is 17.1 Å². The van der Waals surface area contributed by atoms with Crippen molar-refractivity contribution in [3.63, 3.8) is 0 Å². The van der Waals surface area contributed by atoms with Crippen LogP contribution in [0.5, 0.6) is 0 Å². The molecule has 0 saturated heterocycles. The number of aryl methyl sites for hydroxylation is 4. The van der Waals surface area contributed by atoms with Crippen LogP contribution in [0.1, 0.15) is 72.9 Å². The molecule has 59 heavy (non-hydrogen) atoms. The van der Waals surface area contributed by atoms with Gasteiger partial charge in [0.2, 0.25) is 0 Å². The Hall–Kier alpha value is -6.48. The third-order valence-electron chi connectivity index (χ3n) is 10.6. The second-order valence-electron chi connectivity index (χ2n) is 14.7. The van der Waals surface area contributed by atoms with Crippen molar-refractivity contribution in [3.8, 4) is 11.1 Å². The van der Waals surface area contributed by atoms with Crippen molar-refractivity contribution in [1.29, 1.82) is 0 Å². The zero-order chi connectivity index (χ0) is 43.6. The van der Waals surface area contributed by atoms with Crippen molar-refractivity contribution in [2.45, 2.75) is 91.6 Å². The first kappa shape index (κ1) is 45.2. The second kappa shape index (κ2) is 20.3. The number of esters is 4. The Bertz CT molecular complexity index is 2030. The maximum absolute atomic E-state index is 12.5. The minimum absolute atomic E-state index is 0.636. The summed E-state index contributed by atoms with van der Waals surface area (Å²) in [5.74, 6) is -4.02. The second-order valence-corrected chi connectivity index (χ2v) is 14.7. The molecule has 4 atom stereocenters. The normalized spacial score (nSPS) is 13.9. The molecule has 9 nitrogen and oxygen atoms in total. The van der Waals surface area contributed by atoms with Gasteiger partial charge in [0.05, 0.1) is 11.8 Å². The van der Waals surface area contributed by atoms with Gasteiger partial charge in [-0.15, -0.1) is 0 Å². The van der Waals surface area contributed by atoms with E-state index in [4.69, 9.17) is 18.9 Å². The fourth-order valence-electron chi connectivity index (χ4n) is 7.27. The van der Waals surface area contributed by atoms with E-state index in [0.29, 0.717) is 11.1 Å². The average molecular weight is 798 g/mol. The lowest BCUT2D eigenvalue weighted by Gasteiger charge is -2.33. The summed E-state index contributed by atoms with van der Waals surface area (Å²) in [6.45, 7) is 29.4. The predicted molar refractivity (Wildman–Crippen MR) is 234 cm³/mol. The number of carbonyl (C=O) groups is 4. The lowest BCUT2D eigenvalue weighted by atomic mass is 9.81. The summed E-state index contributed by atoms with van der Waals surface area (Å²) in [7, 11) is 0. The quantitative estimate of drug-likeness (QED) is 0.0552. The molecule has 0 fully saturated rings. The Morgan fingerprint density at radius 3 is 1.07 bits per heavy atom. The molecule has 0 N–H and O–H groups in total. The van der Waals surface area contributed by atoms with E-state index in [1.165, 1.54) is 22.3 Å². The minimum atomic E-state index is -0.812. The van der Waals surface area contributed by atoms with E-state index in [9.17, 15) is 19.2 Å². The number of ether oxygens (including phenoxy) is 4. The minimum Gasteiger partial charge on any atom is -0.459 e. The molecule has 308 valence electrons. The lowest BCUT2D eigenvalue weighted by Crippen LogP contribution is -2.34. The van der Waals surface area contributed by atoms with Crippen LogP contribution in [0.25, 0.3) is 11.1 Å². The molecule has 9 heteroatoms. The van der Waals surface area contributed by atoms with Crippen molar-refractivity contribution < 1.29 is 38.1 Å². The average Bonchev–Trinajstić information content (AvgIpc) is 3.20. The highest BCUT2D eigenvalue weighted by Crippen LogP contribution is 2.40. The van der Waals surface area contributed by atoms with Crippen molar-refractivity contribution in [2.24, 2.45) is 0 Å². The maximum Gasteiger partial charge on any atom is 0.330 e. The standard InChI is InChI=1S/C50H55NO8/c1-13-45(52)56-34(9)49(35(10)57-46(53)14-2)40-27-39(28-41(29-40)50(36(11)58-47(54)15-3)37(12)59-48(55)16-4)38-19-23-42(24-20-38)51(43-21-17-30(5)32(7)25-43)44-22-18-31(6)33(8)26-44/h13-29,34-37,49-50H,1-4H2,5-12H3. The Morgan fingerprint density at radius 1 is 0.441 bits per heavy atom. The fourth-order valence-corrected chi connectivity index (χ4v) is 7.27. The van der Waals surface area contributed by atoms with Crippen molar-refractivity contribution in [3.05, 3.63) is 163 Å². The highest BCUT2D eigenvalue weighted by Gasteiger charge is 2.35. The molecule has 0 aromatic heterocycles. The van der Waals surface area contributed by atoms with Crippen LogP contribution >= 0.6 is 0 Å². The molecular formula is C50H55NO8. The van der Waals surface area contributed by atoms with Crippen molar-refractivity contribution in [2.75, 3.05) is 4.90 Å². The summed E-state index contributed by atoms with van der Waals surface area (Å²) in [4.78, 5) is 52.4. The molecule has 4 aromatic rings. The topological polar surface area (TPSA) is 108 Å². The van der Waals surface area contributed by atoms with Crippen LogP contribution in [0.3, 0.4) is 0 Å². The smallest absolute Gasteiger partial charge is 0.330 e. The van der Waals surface area contributed by atoms with Gasteiger partial charge in [0.25, 0.3) is 0 Å². The van der Waals surface area contributed by atoms with E-state index in [1.54, 1.807) is 27.7 Å². The number of hydrogen-bond acceptors (Lipinski definition) is 9. The van der Waals surface area contributed by atoms with Crippen LogP contribution in [-0.4, -0.2) is 48.3 Å². The Balaban J connectivity index is 1.99. The molecule has 0 heterocycles. The summed E-state index contributed by atoms with van der Waals surface area (Å²) in [6.07, 6.45) is 1.02. The molecule has 0 aliphatic carbocycles. The molecule has 4 aromatic carbocycles. The van der Waals surface area contributed by atoms with Crippen LogP contribution in [0.15, 0.2) is 129 Å². The van der Waals surface area contributed by atoms with E-state index >= 15 is 0 Å². The molecule has 4 unspecified atom stereocenters. The zero-order valence-corrected chi connectivity index (χ0v) is 35.3. The van der Waals surface area contributed by atoms with Gasteiger partial charge in [0.15, 0.2) is 0 Å². The lowest BCUT2D eigenvalue weighted by molar-refractivity contribution is -0.151. The van der Waals surface area contributed by atoms with E-state index in [2.05, 4.69) is 95.3 Å². The van der Waals surface area contributed by atoms with Gasteiger partial charge in [0.1, 0.15) is 24.4 Å². The van der Waals surface area contributed by atoms with E-state index < -0.39 is 60.1 Å². The van der Waals surface area contributed by atoms with E-state index in [1.807, 2.05) is 42.5 Å². The summed E-state index contributed by atoms with van der Waals surface area (Å²) in [6, 6.07) is 26.7. The molecule has 0 amide bonds. The van der Waals surface area contributed by atoms with Gasteiger partial charge in [-0.2, -0.15) is 0 Å². The Labute approximate surface area is 348 Å². The SMILES string of the molecule is C=CC(=O)OC(C)C(c1cc(-c2ccc(N(c3ccc(C)c(C)c3)c3ccc(C)c(C)c3)cc2)cc(C(C(C)OC(=O)C=C)C(C)OC(=O)C=C)c1)C(C)OC(=O)C=C. The van der Waals surface area contributed by atoms with Gasteiger partial charge in [-0.25, -0.2) is 19.2 Å². The summed E-state index contributed by atoms with van der Waals surface area (Å²) in [5, 5.41) is 0. The molecule has 0 aliphatic rings.